The monoisotopic (exact) mass is 410 g/mol. The highest BCUT2D eigenvalue weighted by molar-refractivity contribution is 7.89. The molecular weight excluding hydrogens is 391 g/mol. The van der Waals surface area contributed by atoms with Gasteiger partial charge in [-0.25, -0.2) is 27.6 Å². The van der Waals surface area contributed by atoms with Gasteiger partial charge >= 0.3 is 5.97 Å². The summed E-state index contributed by atoms with van der Waals surface area (Å²) < 4.78 is 44.6. The van der Waals surface area contributed by atoms with Crippen LogP contribution in [-0.2, 0) is 21.3 Å². The summed E-state index contributed by atoms with van der Waals surface area (Å²) in [5.74, 6) is -1.32. The highest BCUT2D eigenvalue weighted by atomic mass is 32.2. The Morgan fingerprint density at radius 3 is 2.54 bits per heavy atom. The van der Waals surface area contributed by atoms with E-state index in [2.05, 4.69) is 9.97 Å². The summed E-state index contributed by atoms with van der Waals surface area (Å²) >= 11 is 0. The predicted octanol–water partition coefficient (Wildman–Crippen LogP) is 0.971. The number of morpholine rings is 1. The fraction of sp³-hybridized carbons (Fsp3) is 0.353. The number of hydrogen-bond acceptors (Lipinski definition) is 7. The third kappa shape index (κ3) is 4.26. The third-order valence-electron chi connectivity index (χ3n) is 4.25. The number of benzene rings is 1. The second-order valence-electron chi connectivity index (χ2n) is 6.14. The van der Waals surface area contributed by atoms with Crippen LogP contribution in [0.4, 0.5) is 10.2 Å². The predicted molar refractivity (Wildman–Crippen MR) is 97.1 cm³/mol. The average Bonchev–Trinajstić information content (AvgIpc) is 2.68. The van der Waals surface area contributed by atoms with E-state index in [1.54, 1.807) is 4.90 Å². The van der Waals surface area contributed by atoms with E-state index in [0.717, 1.165) is 16.4 Å². The van der Waals surface area contributed by atoms with E-state index in [4.69, 9.17) is 4.74 Å². The van der Waals surface area contributed by atoms with Crippen LogP contribution in [0.25, 0.3) is 0 Å². The highest BCUT2D eigenvalue weighted by Gasteiger charge is 2.25. The molecular formula is C17H19FN4O5S. The molecule has 0 aliphatic carbocycles. The standard InChI is InChI=1S/C17H19FN4O5S/c1-21(28(25,26)13-4-2-12(18)3-5-13)11-15-19-10-14(17(23)24)16(20-15)22-6-8-27-9-7-22/h2-5,10H,6-9,11H2,1H3,(H,23,24). The van der Waals surface area contributed by atoms with Crippen LogP contribution in [0.3, 0.4) is 0 Å². The summed E-state index contributed by atoms with van der Waals surface area (Å²) in [4.78, 5) is 21.5. The van der Waals surface area contributed by atoms with E-state index < -0.39 is 21.8 Å². The Hall–Kier alpha value is -2.63. The van der Waals surface area contributed by atoms with Gasteiger partial charge in [-0.3, -0.25) is 0 Å². The van der Waals surface area contributed by atoms with Crippen LogP contribution in [0.15, 0.2) is 35.4 Å². The molecule has 0 spiro atoms. The van der Waals surface area contributed by atoms with Crippen molar-refractivity contribution in [2.75, 3.05) is 38.3 Å². The van der Waals surface area contributed by atoms with Crippen molar-refractivity contribution < 1.29 is 27.4 Å². The number of carboxylic acids is 1. The molecule has 9 nitrogen and oxygen atoms in total. The van der Waals surface area contributed by atoms with Gasteiger partial charge in [-0.1, -0.05) is 0 Å². The largest absolute Gasteiger partial charge is 0.477 e. The van der Waals surface area contributed by atoms with E-state index in [1.165, 1.54) is 25.4 Å². The minimum Gasteiger partial charge on any atom is -0.477 e. The minimum absolute atomic E-state index is 0.0605. The molecule has 0 atom stereocenters. The van der Waals surface area contributed by atoms with Crippen molar-refractivity contribution in [3.05, 3.63) is 47.7 Å². The lowest BCUT2D eigenvalue weighted by atomic mass is 10.2. The molecule has 150 valence electrons. The number of ether oxygens (including phenoxy) is 1. The molecule has 1 N–H and O–H groups in total. The van der Waals surface area contributed by atoms with Gasteiger partial charge in [-0.2, -0.15) is 4.31 Å². The van der Waals surface area contributed by atoms with Crippen molar-refractivity contribution in [2.24, 2.45) is 0 Å². The van der Waals surface area contributed by atoms with E-state index in [9.17, 15) is 22.7 Å². The van der Waals surface area contributed by atoms with E-state index in [1.807, 2.05) is 0 Å². The maximum atomic E-state index is 13.1. The smallest absolute Gasteiger partial charge is 0.341 e. The van der Waals surface area contributed by atoms with Crippen LogP contribution in [0.5, 0.6) is 0 Å². The van der Waals surface area contributed by atoms with Crippen molar-refractivity contribution >= 4 is 21.8 Å². The number of aromatic carboxylic acids is 1. The van der Waals surface area contributed by atoms with Gasteiger partial charge < -0.3 is 14.7 Å². The normalized spacial score (nSPS) is 15.0. The summed E-state index contributed by atoms with van der Waals surface area (Å²) in [6, 6.07) is 4.48. The number of aromatic nitrogens is 2. The Bertz CT molecular complexity index is 962. The van der Waals surface area contributed by atoms with Crippen molar-refractivity contribution in [3.63, 3.8) is 0 Å². The first kappa shape index (κ1) is 20.1. The number of carboxylic acid groups (broad SMARTS) is 1. The maximum Gasteiger partial charge on any atom is 0.341 e. The van der Waals surface area contributed by atoms with Crippen LogP contribution < -0.4 is 4.90 Å². The van der Waals surface area contributed by atoms with Gasteiger partial charge in [-0.05, 0) is 24.3 Å². The third-order valence-corrected chi connectivity index (χ3v) is 6.06. The molecule has 11 heteroatoms. The SMILES string of the molecule is CN(Cc1ncc(C(=O)O)c(N2CCOCC2)n1)S(=O)(=O)c1ccc(F)cc1. The molecule has 0 bridgehead atoms. The number of carbonyl (C=O) groups is 1. The summed E-state index contributed by atoms with van der Waals surface area (Å²) in [6.45, 7) is 1.66. The maximum absolute atomic E-state index is 13.1. The van der Waals surface area contributed by atoms with E-state index in [0.29, 0.717) is 26.3 Å². The second kappa shape index (κ2) is 8.17. The van der Waals surface area contributed by atoms with E-state index in [-0.39, 0.29) is 28.6 Å². The summed E-state index contributed by atoms with van der Waals surface area (Å²) in [7, 11) is -2.53. The zero-order valence-corrected chi connectivity index (χ0v) is 15.9. The van der Waals surface area contributed by atoms with Gasteiger partial charge in [0, 0.05) is 26.3 Å². The average molecular weight is 410 g/mol. The minimum atomic E-state index is -3.88. The molecule has 3 rings (SSSR count). The molecule has 1 aliphatic heterocycles. The lowest BCUT2D eigenvalue weighted by Gasteiger charge is -2.29. The Morgan fingerprint density at radius 1 is 1.29 bits per heavy atom. The quantitative estimate of drug-likeness (QED) is 0.750. The molecule has 2 heterocycles. The van der Waals surface area contributed by atoms with Crippen LogP contribution in [0, 0.1) is 5.82 Å². The molecule has 2 aromatic rings. The first-order valence-electron chi connectivity index (χ1n) is 8.43. The fourth-order valence-corrected chi connectivity index (χ4v) is 3.85. The zero-order valence-electron chi connectivity index (χ0n) is 15.1. The van der Waals surface area contributed by atoms with Gasteiger partial charge in [0.05, 0.1) is 24.7 Å². The molecule has 1 aliphatic rings. The Morgan fingerprint density at radius 2 is 1.93 bits per heavy atom. The Kier molecular flexibility index (Phi) is 5.87. The Labute approximate surface area is 161 Å². The first-order chi connectivity index (χ1) is 13.3. The van der Waals surface area contributed by atoms with Crippen LogP contribution >= 0.6 is 0 Å². The lowest BCUT2D eigenvalue weighted by Crippen LogP contribution is -2.38. The van der Waals surface area contributed by atoms with Gasteiger partial charge in [-0.15, -0.1) is 0 Å². The molecule has 0 amide bonds. The number of sulfonamides is 1. The molecule has 0 radical (unpaired) electrons. The summed E-state index contributed by atoms with van der Waals surface area (Å²) in [5.41, 5.74) is -0.0605. The van der Waals surface area contributed by atoms with E-state index >= 15 is 0 Å². The molecule has 1 fully saturated rings. The zero-order chi connectivity index (χ0) is 20.3. The molecule has 1 aromatic heterocycles. The topological polar surface area (TPSA) is 113 Å². The van der Waals surface area contributed by atoms with Crippen molar-refractivity contribution in [1.82, 2.24) is 14.3 Å². The van der Waals surface area contributed by atoms with Crippen LogP contribution in [-0.4, -0.2) is 67.1 Å². The van der Waals surface area contributed by atoms with Crippen LogP contribution in [0.1, 0.15) is 16.2 Å². The number of rotatable bonds is 6. The number of halogens is 1. The molecule has 1 saturated heterocycles. The lowest BCUT2D eigenvalue weighted by molar-refractivity contribution is 0.0695. The summed E-state index contributed by atoms with van der Waals surface area (Å²) in [5, 5.41) is 9.39. The second-order valence-corrected chi connectivity index (χ2v) is 8.19. The van der Waals surface area contributed by atoms with Crippen molar-refractivity contribution in [3.8, 4) is 0 Å². The van der Waals surface area contributed by atoms with Crippen molar-refractivity contribution in [1.29, 1.82) is 0 Å². The first-order valence-corrected chi connectivity index (χ1v) is 9.87. The summed E-state index contributed by atoms with van der Waals surface area (Å²) in [6.07, 6.45) is 1.17. The van der Waals surface area contributed by atoms with Gasteiger partial charge in [0.15, 0.2) is 0 Å². The molecule has 1 aromatic carbocycles. The van der Waals surface area contributed by atoms with Crippen molar-refractivity contribution in [2.45, 2.75) is 11.4 Å². The number of anilines is 1. The van der Waals surface area contributed by atoms with Gasteiger partial charge in [0.1, 0.15) is 23.0 Å². The molecule has 28 heavy (non-hydrogen) atoms. The fourth-order valence-electron chi connectivity index (χ4n) is 2.72. The Balaban J connectivity index is 1.87. The van der Waals surface area contributed by atoms with Gasteiger partial charge in [0.2, 0.25) is 10.0 Å². The van der Waals surface area contributed by atoms with Crippen LogP contribution in [0.2, 0.25) is 0 Å². The number of nitrogens with zero attached hydrogens (tertiary/aromatic N) is 4. The van der Waals surface area contributed by atoms with Gasteiger partial charge in [0.25, 0.3) is 0 Å². The highest BCUT2D eigenvalue weighted by Crippen LogP contribution is 2.21. The molecule has 0 unspecified atom stereocenters. The molecule has 0 saturated carbocycles. The number of hydrogen-bond donors (Lipinski definition) is 1.